The molecule has 88 valence electrons. The Balaban J connectivity index is 0.000000181. The second-order valence-corrected chi connectivity index (χ2v) is 3.55. The number of aryl methyl sites for hydroxylation is 1. The van der Waals surface area contributed by atoms with Crippen molar-refractivity contribution in [2.45, 2.75) is 6.92 Å². The van der Waals surface area contributed by atoms with Crippen LogP contribution in [-0.2, 0) is 0 Å². The first-order valence-electron chi connectivity index (χ1n) is 5.37. The maximum Gasteiger partial charge on any atom is 0.150 e. The lowest BCUT2D eigenvalue weighted by atomic mass is 10.2. The largest absolute Gasteiger partial charge is 0.497 e. The van der Waals surface area contributed by atoms with Gasteiger partial charge in [0.25, 0.3) is 0 Å². The molecule has 0 bridgehead atoms. The Morgan fingerprint density at radius 2 is 1.71 bits per heavy atom. The van der Waals surface area contributed by atoms with E-state index in [4.69, 9.17) is 4.74 Å². The molecule has 2 aromatic rings. The quantitative estimate of drug-likeness (QED) is 0.735. The lowest BCUT2D eigenvalue weighted by Gasteiger charge is -1.97. The Morgan fingerprint density at radius 1 is 1.00 bits per heavy atom. The Kier molecular flexibility index (Phi) is 5.52. The van der Waals surface area contributed by atoms with Gasteiger partial charge in [0.15, 0.2) is 0 Å². The molecular formula is C15H16O2. The molecule has 0 heterocycles. The predicted molar refractivity (Wildman–Crippen MR) is 69.6 cm³/mol. The minimum absolute atomic E-state index is 0.638. The third kappa shape index (κ3) is 4.98. The zero-order valence-electron chi connectivity index (χ0n) is 10.1. The number of aldehydes is 1. The molecule has 0 N–H and O–H groups in total. The van der Waals surface area contributed by atoms with Gasteiger partial charge < -0.3 is 4.74 Å². The molecular weight excluding hydrogens is 212 g/mol. The first-order valence-corrected chi connectivity index (χ1v) is 5.37. The summed E-state index contributed by atoms with van der Waals surface area (Å²) in [5.74, 6) is 0.713. The van der Waals surface area contributed by atoms with E-state index in [0.29, 0.717) is 11.3 Å². The predicted octanol–water partition coefficient (Wildman–Crippen LogP) is 3.50. The summed E-state index contributed by atoms with van der Waals surface area (Å²) in [5, 5.41) is 0. The number of carbonyl (C=O) groups excluding carboxylic acids is 1. The van der Waals surface area contributed by atoms with E-state index >= 15 is 0 Å². The van der Waals surface area contributed by atoms with E-state index in [1.807, 2.05) is 18.2 Å². The highest BCUT2D eigenvalue weighted by Crippen LogP contribution is 2.10. The number of hydrogen-bond acceptors (Lipinski definition) is 2. The van der Waals surface area contributed by atoms with Gasteiger partial charge in [-0.05, 0) is 19.1 Å². The van der Waals surface area contributed by atoms with Crippen molar-refractivity contribution >= 4 is 6.29 Å². The van der Waals surface area contributed by atoms with Crippen molar-refractivity contribution in [3.63, 3.8) is 0 Å². The summed E-state index contributed by atoms with van der Waals surface area (Å²) in [5.41, 5.74) is 1.96. The number of hydrogen-bond donors (Lipinski definition) is 0. The molecule has 2 heteroatoms. The topological polar surface area (TPSA) is 26.3 Å². The smallest absolute Gasteiger partial charge is 0.150 e. The van der Waals surface area contributed by atoms with Gasteiger partial charge >= 0.3 is 0 Å². The molecule has 2 rings (SSSR count). The van der Waals surface area contributed by atoms with Crippen molar-refractivity contribution in [3.05, 3.63) is 65.7 Å². The van der Waals surface area contributed by atoms with Gasteiger partial charge in [0.1, 0.15) is 12.0 Å². The van der Waals surface area contributed by atoms with Crippen LogP contribution in [0, 0.1) is 6.92 Å². The average Bonchev–Trinajstić information content (AvgIpc) is 2.40. The second-order valence-electron chi connectivity index (χ2n) is 3.55. The first-order chi connectivity index (χ1) is 8.26. The molecule has 0 aliphatic rings. The molecule has 0 fully saturated rings. The molecule has 0 spiro atoms. The highest BCUT2D eigenvalue weighted by molar-refractivity contribution is 5.75. The van der Waals surface area contributed by atoms with E-state index in [1.54, 1.807) is 31.4 Å². The number of rotatable bonds is 2. The van der Waals surface area contributed by atoms with Crippen LogP contribution in [0.4, 0.5) is 0 Å². The normalized spacial score (nSPS) is 8.82. The van der Waals surface area contributed by atoms with Crippen LogP contribution in [0.3, 0.4) is 0 Å². The van der Waals surface area contributed by atoms with Gasteiger partial charge in [-0.3, -0.25) is 4.79 Å². The fourth-order valence-electron chi connectivity index (χ4n) is 1.25. The second kappa shape index (κ2) is 7.23. The fraction of sp³-hybridized carbons (Fsp3) is 0.133. The Hall–Kier alpha value is -2.09. The summed E-state index contributed by atoms with van der Waals surface area (Å²) in [7, 11) is 1.57. The SMILES string of the molecule is COc1cccc(C=O)c1.Cc1ccccc1. The van der Waals surface area contributed by atoms with Crippen LogP contribution in [0.15, 0.2) is 54.6 Å². The Morgan fingerprint density at radius 3 is 2.18 bits per heavy atom. The Labute approximate surface area is 102 Å². The minimum atomic E-state index is 0.638. The lowest BCUT2D eigenvalue weighted by molar-refractivity contribution is 0.112. The molecule has 0 aliphatic heterocycles. The maximum atomic E-state index is 10.2. The highest BCUT2D eigenvalue weighted by atomic mass is 16.5. The van der Waals surface area contributed by atoms with Crippen LogP contribution in [0.2, 0.25) is 0 Å². The maximum absolute atomic E-state index is 10.2. The van der Waals surface area contributed by atoms with Gasteiger partial charge in [0, 0.05) is 5.56 Å². The molecule has 0 atom stereocenters. The standard InChI is InChI=1S/C8H8O2.C7H8/c1-10-8-4-2-3-7(5-8)6-9;1-7-5-3-2-4-6-7/h2-6H,1H3;2-6H,1H3. The minimum Gasteiger partial charge on any atom is -0.497 e. The number of ether oxygens (including phenoxy) is 1. The monoisotopic (exact) mass is 228 g/mol. The molecule has 0 radical (unpaired) electrons. The zero-order chi connectivity index (χ0) is 12.5. The van der Waals surface area contributed by atoms with Crippen LogP contribution in [-0.4, -0.2) is 13.4 Å². The van der Waals surface area contributed by atoms with E-state index in [1.165, 1.54) is 5.56 Å². The number of benzene rings is 2. The van der Waals surface area contributed by atoms with Crippen molar-refractivity contribution in [1.82, 2.24) is 0 Å². The van der Waals surface area contributed by atoms with Crippen molar-refractivity contribution in [2.24, 2.45) is 0 Å². The van der Waals surface area contributed by atoms with Gasteiger partial charge in [-0.25, -0.2) is 0 Å². The van der Waals surface area contributed by atoms with Gasteiger partial charge in [-0.1, -0.05) is 48.0 Å². The third-order valence-corrected chi connectivity index (χ3v) is 2.17. The van der Waals surface area contributed by atoms with E-state index in [9.17, 15) is 4.79 Å². The van der Waals surface area contributed by atoms with Crippen LogP contribution < -0.4 is 4.74 Å². The third-order valence-electron chi connectivity index (χ3n) is 2.17. The summed E-state index contributed by atoms with van der Waals surface area (Å²) in [6.07, 6.45) is 0.794. The highest BCUT2D eigenvalue weighted by Gasteiger charge is 1.90. The van der Waals surface area contributed by atoms with E-state index in [0.717, 1.165) is 6.29 Å². The van der Waals surface area contributed by atoms with Crippen LogP contribution in [0.25, 0.3) is 0 Å². The lowest BCUT2D eigenvalue weighted by Crippen LogP contribution is -1.84. The van der Waals surface area contributed by atoms with Crippen molar-refractivity contribution in [2.75, 3.05) is 7.11 Å². The van der Waals surface area contributed by atoms with Gasteiger partial charge in [-0.2, -0.15) is 0 Å². The summed E-state index contributed by atoms with van der Waals surface area (Å²) in [4.78, 5) is 10.2. The molecule has 0 aliphatic carbocycles. The number of carbonyl (C=O) groups is 1. The van der Waals surface area contributed by atoms with E-state index < -0.39 is 0 Å². The molecule has 2 aromatic carbocycles. The van der Waals surface area contributed by atoms with Gasteiger partial charge in [0.05, 0.1) is 7.11 Å². The van der Waals surface area contributed by atoms with Crippen LogP contribution in [0.5, 0.6) is 5.75 Å². The summed E-state index contributed by atoms with van der Waals surface area (Å²) >= 11 is 0. The molecule has 0 saturated carbocycles. The summed E-state index contributed by atoms with van der Waals surface area (Å²) in [6.45, 7) is 2.08. The molecule has 0 amide bonds. The van der Waals surface area contributed by atoms with E-state index in [2.05, 4.69) is 19.1 Å². The van der Waals surface area contributed by atoms with Gasteiger partial charge in [0.2, 0.25) is 0 Å². The van der Waals surface area contributed by atoms with Gasteiger partial charge in [-0.15, -0.1) is 0 Å². The summed E-state index contributed by atoms with van der Waals surface area (Å²) in [6, 6.07) is 17.3. The zero-order valence-corrected chi connectivity index (χ0v) is 10.1. The van der Waals surface area contributed by atoms with Crippen molar-refractivity contribution in [3.8, 4) is 5.75 Å². The van der Waals surface area contributed by atoms with Crippen molar-refractivity contribution in [1.29, 1.82) is 0 Å². The Bertz CT molecular complexity index is 449. The first kappa shape index (κ1) is 13.0. The van der Waals surface area contributed by atoms with Crippen LogP contribution in [0.1, 0.15) is 15.9 Å². The fourth-order valence-corrected chi connectivity index (χ4v) is 1.25. The molecule has 17 heavy (non-hydrogen) atoms. The average molecular weight is 228 g/mol. The number of methoxy groups -OCH3 is 1. The van der Waals surface area contributed by atoms with Crippen molar-refractivity contribution < 1.29 is 9.53 Å². The molecule has 0 saturated heterocycles. The molecule has 2 nitrogen and oxygen atoms in total. The van der Waals surface area contributed by atoms with E-state index in [-0.39, 0.29) is 0 Å². The molecule has 0 aromatic heterocycles. The summed E-state index contributed by atoms with van der Waals surface area (Å²) < 4.78 is 4.90. The van der Waals surface area contributed by atoms with Crippen LogP contribution >= 0.6 is 0 Å². The molecule has 0 unspecified atom stereocenters.